The van der Waals surface area contributed by atoms with Crippen molar-refractivity contribution in [3.8, 4) is 0 Å². The quantitative estimate of drug-likeness (QED) is 0.700. The molecule has 0 aromatic heterocycles. The third kappa shape index (κ3) is 3.79. The maximum Gasteiger partial charge on any atom is 0.00695 e. The summed E-state index contributed by atoms with van der Waals surface area (Å²) in [6.45, 7) is 0. The highest BCUT2D eigenvalue weighted by Crippen LogP contribution is 2.15. The molecule has 0 heterocycles. The van der Waals surface area contributed by atoms with Gasteiger partial charge in [-0.15, -0.1) is 11.8 Å². The molecule has 0 atom stereocenters. The average Bonchev–Trinajstić information content (AvgIpc) is 2.41. The van der Waals surface area contributed by atoms with Crippen LogP contribution in [0.2, 0.25) is 0 Å². The Hall–Kier alpha value is -1.47. The fraction of sp³-hybridized carbons (Fsp3) is 0.125. The van der Waals surface area contributed by atoms with Crippen LogP contribution in [0.25, 0.3) is 6.08 Å². The smallest absolute Gasteiger partial charge is 0.00695 e. The Morgan fingerprint density at radius 1 is 0.941 bits per heavy atom. The molecule has 0 bridgehead atoms. The minimum atomic E-state index is 0.991. The first-order valence-electron chi connectivity index (χ1n) is 5.73. The molecule has 0 N–H and O–H groups in total. The summed E-state index contributed by atoms with van der Waals surface area (Å²) >= 11 is 1.77. The maximum atomic E-state index is 2.21. The fourth-order valence-corrected chi connectivity index (χ4v) is 2.07. The largest absolute Gasteiger partial charge is 0.130 e. The number of hydrogen-bond acceptors (Lipinski definition) is 1. The summed E-state index contributed by atoms with van der Waals surface area (Å²) in [5.41, 5.74) is 2.61. The van der Waals surface area contributed by atoms with Crippen molar-refractivity contribution in [2.45, 2.75) is 11.3 Å². The Morgan fingerprint density at radius 2 is 1.65 bits per heavy atom. The zero-order chi connectivity index (χ0) is 11.9. The predicted octanol–water partition coefficient (Wildman–Crippen LogP) is 4.66. The lowest BCUT2D eigenvalue weighted by atomic mass is 10.1. The molecule has 17 heavy (non-hydrogen) atoms. The van der Waals surface area contributed by atoms with Crippen LogP contribution in [0.3, 0.4) is 0 Å². The minimum absolute atomic E-state index is 0.991. The molecule has 0 fully saturated rings. The Labute approximate surface area is 107 Å². The lowest BCUT2D eigenvalue weighted by Gasteiger charge is -1.97. The minimum Gasteiger partial charge on any atom is -0.130 e. The molecule has 0 amide bonds. The fourth-order valence-electron chi connectivity index (χ4n) is 1.66. The first-order valence-corrected chi connectivity index (χ1v) is 6.95. The van der Waals surface area contributed by atoms with Crippen molar-refractivity contribution in [3.05, 3.63) is 71.8 Å². The molecule has 0 spiro atoms. The Balaban J connectivity index is 1.96. The van der Waals surface area contributed by atoms with Gasteiger partial charge in [0.15, 0.2) is 0 Å². The number of allylic oxidation sites excluding steroid dienone is 1. The highest BCUT2D eigenvalue weighted by atomic mass is 32.2. The van der Waals surface area contributed by atoms with Crippen molar-refractivity contribution < 1.29 is 0 Å². The summed E-state index contributed by atoms with van der Waals surface area (Å²) in [6, 6.07) is 19.2. The highest BCUT2D eigenvalue weighted by Gasteiger charge is 1.90. The van der Waals surface area contributed by atoms with E-state index in [1.807, 2.05) is 6.07 Å². The second-order valence-corrected chi connectivity index (χ2v) is 4.74. The molecule has 1 heteroatoms. The third-order valence-corrected chi connectivity index (χ3v) is 3.37. The molecule has 2 rings (SSSR count). The van der Waals surface area contributed by atoms with Crippen LogP contribution in [0.5, 0.6) is 0 Å². The zero-order valence-corrected chi connectivity index (χ0v) is 10.8. The van der Waals surface area contributed by atoms with Gasteiger partial charge in [-0.1, -0.05) is 54.6 Å². The van der Waals surface area contributed by atoms with E-state index in [2.05, 4.69) is 66.9 Å². The lowest BCUT2D eigenvalue weighted by molar-refractivity contribution is 1.28. The van der Waals surface area contributed by atoms with Gasteiger partial charge in [0, 0.05) is 4.90 Å². The zero-order valence-electron chi connectivity index (χ0n) is 9.97. The van der Waals surface area contributed by atoms with E-state index >= 15 is 0 Å². The molecule has 0 unspecified atom stereocenters. The maximum absolute atomic E-state index is 2.21. The van der Waals surface area contributed by atoms with Crippen molar-refractivity contribution in [1.82, 2.24) is 0 Å². The molecular formula is C16H16S. The van der Waals surface area contributed by atoms with Gasteiger partial charge in [-0.25, -0.2) is 0 Å². The number of thioether (sulfide) groups is 1. The third-order valence-electron chi connectivity index (χ3n) is 2.62. The van der Waals surface area contributed by atoms with Crippen LogP contribution in [-0.2, 0) is 6.42 Å². The molecule has 0 aliphatic heterocycles. The number of hydrogen-bond donors (Lipinski definition) is 0. The second-order valence-electron chi connectivity index (χ2n) is 3.87. The normalized spacial score (nSPS) is 10.9. The summed E-state index contributed by atoms with van der Waals surface area (Å²) in [4.78, 5) is 1.31. The predicted molar refractivity (Wildman–Crippen MR) is 77.4 cm³/mol. The van der Waals surface area contributed by atoms with Gasteiger partial charge in [-0.3, -0.25) is 0 Å². The van der Waals surface area contributed by atoms with Crippen molar-refractivity contribution in [2.75, 3.05) is 6.26 Å². The SMILES string of the molecule is CSc1ccc(C=CCc2ccccc2)cc1. The van der Waals surface area contributed by atoms with Crippen molar-refractivity contribution in [3.63, 3.8) is 0 Å². The molecule has 0 saturated carbocycles. The molecule has 2 aromatic rings. The van der Waals surface area contributed by atoms with Gasteiger partial charge < -0.3 is 0 Å². The Kier molecular flexibility index (Phi) is 4.45. The summed E-state index contributed by atoms with van der Waals surface area (Å²) < 4.78 is 0. The van der Waals surface area contributed by atoms with Gasteiger partial charge in [0.25, 0.3) is 0 Å². The first-order chi connectivity index (χ1) is 8.38. The molecule has 0 aliphatic rings. The van der Waals surface area contributed by atoms with Gasteiger partial charge >= 0.3 is 0 Å². The van der Waals surface area contributed by atoms with Gasteiger partial charge in [-0.05, 0) is 35.9 Å². The molecule has 86 valence electrons. The van der Waals surface area contributed by atoms with E-state index in [-0.39, 0.29) is 0 Å². The van der Waals surface area contributed by atoms with Crippen LogP contribution in [0.4, 0.5) is 0 Å². The molecule has 2 aromatic carbocycles. The van der Waals surface area contributed by atoms with Gasteiger partial charge in [0.2, 0.25) is 0 Å². The molecule has 0 aliphatic carbocycles. The lowest BCUT2D eigenvalue weighted by Crippen LogP contribution is -1.79. The topological polar surface area (TPSA) is 0 Å². The monoisotopic (exact) mass is 240 g/mol. The van der Waals surface area contributed by atoms with E-state index in [0.717, 1.165) is 6.42 Å². The van der Waals surface area contributed by atoms with E-state index in [1.165, 1.54) is 16.0 Å². The first kappa shape index (κ1) is 12.0. The molecule has 0 radical (unpaired) electrons. The van der Waals surface area contributed by atoms with E-state index < -0.39 is 0 Å². The van der Waals surface area contributed by atoms with Crippen LogP contribution >= 0.6 is 11.8 Å². The highest BCUT2D eigenvalue weighted by molar-refractivity contribution is 7.98. The molecule has 0 saturated heterocycles. The summed E-state index contributed by atoms with van der Waals surface area (Å²) in [6.07, 6.45) is 7.48. The van der Waals surface area contributed by atoms with Crippen LogP contribution in [0.15, 0.2) is 65.6 Å². The second kappa shape index (κ2) is 6.31. The Bertz CT molecular complexity index is 469. The summed E-state index contributed by atoms with van der Waals surface area (Å²) in [7, 11) is 0. The van der Waals surface area contributed by atoms with Crippen molar-refractivity contribution >= 4 is 17.8 Å². The summed E-state index contributed by atoms with van der Waals surface area (Å²) in [5.74, 6) is 0. The Morgan fingerprint density at radius 3 is 2.29 bits per heavy atom. The van der Waals surface area contributed by atoms with Crippen molar-refractivity contribution in [1.29, 1.82) is 0 Å². The van der Waals surface area contributed by atoms with Crippen molar-refractivity contribution in [2.24, 2.45) is 0 Å². The number of rotatable bonds is 4. The van der Waals surface area contributed by atoms with E-state index in [4.69, 9.17) is 0 Å². The van der Waals surface area contributed by atoms with Crippen LogP contribution in [-0.4, -0.2) is 6.26 Å². The van der Waals surface area contributed by atoms with Gasteiger partial charge in [0.1, 0.15) is 0 Å². The molecular weight excluding hydrogens is 224 g/mol. The van der Waals surface area contributed by atoms with Gasteiger partial charge in [0.05, 0.1) is 0 Å². The van der Waals surface area contributed by atoms with Crippen LogP contribution in [0, 0.1) is 0 Å². The van der Waals surface area contributed by atoms with E-state index in [1.54, 1.807) is 11.8 Å². The van der Waals surface area contributed by atoms with Crippen LogP contribution in [0.1, 0.15) is 11.1 Å². The van der Waals surface area contributed by atoms with Gasteiger partial charge in [-0.2, -0.15) is 0 Å². The van der Waals surface area contributed by atoms with E-state index in [0.29, 0.717) is 0 Å². The van der Waals surface area contributed by atoms with Crippen LogP contribution < -0.4 is 0 Å². The average molecular weight is 240 g/mol. The summed E-state index contributed by atoms with van der Waals surface area (Å²) in [5, 5.41) is 0. The number of benzene rings is 2. The molecule has 0 nitrogen and oxygen atoms in total. The standard InChI is InChI=1S/C16H16S/c1-17-16-12-10-15(11-13-16)9-5-8-14-6-3-2-4-7-14/h2-7,9-13H,8H2,1H3. The van der Waals surface area contributed by atoms with E-state index in [9.17, 15) is 0 Å².